The fraction of sp³-hybridized carbons (Fsp3) is 0.909. The number of nitrogens with zero attached hydrogens (tertiary/aromatic N) is 2. The molecule has 1 saturated heterocycles. The Morgan fingerprint density at radius 1 is 1.21 bits per heavy atom. The lowest BCUT2D eigenvalue weighted by atomic mass is 10.2. The van der Waals surface area contributed by atoms with Gasteiger partial charge in [0.15, 0.2) is 0 Å². The highest BCUT2D eigenvalue weighted by Crippen LogP contribution is 2.05. The molecule has 0 unspecified atom stereocenters. The van der Waals surface area contributed by atoms with Crippen molar-refractivity contribution in [1.29, 1.82) is 0 Å². The lowest BCUT2D eigenvalue weighted by molar-refractivity contribution is -0.120. The molecule has 0 aromatic carbocycles. The normalized spacial score (nSPS) is 20.3. The van der Waals surface area contributed by atoms with E-state index in [0.717, 1.165) is 26.2 Å². The molecule has 0 N–H and O–H groups in total. The molecule has 1 rings (SSSR count). The van der Waals surface area contributed by atoms with Crippen LogP contribution in [0, 0.1) is 0 Å². The van der Waals surface area contributed by atoms with Gasteiger partial charge in [-0.25, -0.2) is 0 Å². The van der Waals surface area contributed by atoms with Crippen molar-refractivity contribution < 1.29 is 4.79 Å². The van der Waals surface area contributed by atoms with Crippen LogP contribution in [-0.4, -0.2) is 54.3 Å². The van der Waals surface area contributed by atoms with Crippen LogP contribution < -0.4 is 0 Å². The van der Waals surface area contributed by atoms with E-state index in [0.29, 0.717) is 24.8 Å². The number of rotatable bonds is 4. The molecule has 0 atom stereocenters. The second kappa shape index (κ2) is 5.47. The lowest BCUT2D eigenvalue weighted by Gasteiger charge is -2.36. The molecular formula is C11H22N2O. The number of ketones is 1. The zero-order chi connectivity index (χ0) is 10.6. The van der Waals surface area contributed by atoms with Crippen LogP contribution in [0.4, 0.5) is 0 Å². The van der Waals surface area contributed by atoms with E-state index in [2.05, 4.69) is 23.6 Å². The smallest absolute Gasteiger partial charge is 0.146 e. The van der Waals surface area contributed by atoms with Crippen molar-refractivity contribution in [3.8, 4) is 0 Å². The maximum Gasteiger partial charge on any atom is 0.146 e. The zero-order valence-corrected chi connectivity index (χ0v) is 9.62. The van der Waals surface area contributed by atoms with Crippen molar-refractivity contribution >= 4 is 5.78 Å². The van der Waals surface area contributed by atoms with Crippen LogP contribution in [0.2, 0.25) is 0 Å². The van der Waals surface area contributed by atoms with Gasteiger partial charge in [-0.1, -0.05) is 6.92 Å². The number of carbonyl (C=O) groups is 1. The van der Waals surface area contributed by atoms with Gasteiger partial charge >= 0.3 is 0 Å². The Kier molecular flexibility index (Phi) is 4.55. The second-order valence-electron chi connectivity index (χ2n) is 4.30. The highest BCUT2D eigenvalue weighted by Gasteiger charge is 2.19. The van der Waals surface area contributed by atoms with E-state index in [1.807, 2.05) is 6.92 Å². The van der Waals surface area contributed by atoms with Gasteiger partial charge in [0.1, 0.15) is 5.78 Å². The van der Waals surface area contributed by atoms with Crippen LogP contribution in [0.25, 0.3) is 0 Å². The van der Waals surface area contributed by atoms with Crippen molar-refractivity contribution in [2.45, 2.75) is 33.2 Å². The van der Waals surface area contributed by atoms with E-state index in [-0.39, 0.29) is 0 Å². The van der Waals surface area contributed by atoms with Crippen LogP contribution in [0.15, 0.2) is 0 Å². The first-order valence-electron chi connectivity index (χ1n) is 5.61. The number of piperazine rings is 1. The van der Waals surface area contributed by atoms with E-state index in [1.165, 1.54) is 0 Å². The fourth-order valence-electron chi connectivity index (χ4n) is 1.80. The summed E-state index contributed by atoms with van der Waals surface area (Å²) in [5.41, 5.74) is 0. The molecule has 1 aliphatic heterocycles. The predicted molar refractivity (Wildman–Crippen MR) is 58.4 cm³/mol. The topological polar surface area (TPSA) is 23.6 Å². The molecule has 0 spiro atoms. The first-order chi connectivity index (χ1) is 6.63. The molecule has 0 bridgehead atoms. The maximum atomic E-state index is 11.2. The van der Waals surface area contributed by atoms with Crippen LogP contribution >= 0.6 is 0 Å². The molecule has 1 heterocycles. The minimum atomic E-state index is 0.364. The standard InChI is InChI=1S/C11H22N2O/c1-4-11(14)9-12-5-7-13(8-6-12)10(2)3/h10H,4-9H2,1-3H3. The summed E-state index contributed by atoms with van der Waals surface area (Å²) in [7, 11) is 0. The first-order valence-corrected chi connectivity index (χ1v) is 5.61. The average Bonchev–Trinajstić information content (AvgIpc) is 2.18. The predicted octanol–water partition coefficient (Wildman–Crippen LogP) is 0.991. The summed E-state index contributed by atoms with van der Waals surface area (Å²) in [5, 5.41) is 0. The molecule has 14 heavy (non-hydrogen) atoms. The Morgan fingerprint density at radius 2 is 1.79 bits per heavy atom. The van der Waals surface area contributed by atoms with Crippen molar-refractivity contribution in [2.24, 2.45) is 0 Å². The van der Waals surface area contributed by atoms with Crippen LogP contribution in [0.5, 0.6) is 0 Å². The minimum absolute atomic E-state index is 0.364. The van der Waals surface area contributed by atoms with Gasteiger partial charge in [-0.15, -0.1) is 0 Å². The average molecular weight is 198 g/mol. The lowest BCUT2D eigenvalue weighted by Crippen LogP contribution is -2.49. The largest absolute Gasteiger partial charge is 0.298 e. The third kappa shape index (κ3) is 3.39. The van der Waals surface area contributed by atoms with Gasteiger partial charge in [0, 0.05) is 38.6 Å². The van der Waals surface area contributed by atoms with Gasteiger partial charge in [0.25, 0.3) is 0 Å². The summed E-state index contributed by atoms with van der Waals surface area (Å²) in [4.78, 5) is 16.0. The second-order valence-corrected chi connectivity index (χ2v) is 4.30. The number of Topliss-reactive ketones (excluding diaryl/α,β-unsaturated/α-hetero) is 1. The summed E-state index contributed by atoms with van der Waals surface area (Å²) in [6.45, 7) is 11.4. The number of carbonyl (C=O) groups excluding carboxylic acids is 1. The molecule has 0 saturated carbocycles. The summed E-state index contributed by atoms with van der Waals surface area (Å²) in [5.74, 6) is 0.364. The molecule has 82 valence electrons. The molecule has 0 aromatic heterocycles. The zero-order valence-electron chi connectivity index (χ0n) is 9.62. The van der Waals surface area contributed by atoms with Crippen LogP contribution in [0.1, 0.15) is 27.2 Å². The molecule has 0 aliphatic carbocycles. The molecule has 3 heteroatoms. The third-order valence-electron chi connectivity index (χ3n) is 2.93. The Labute approximate surface area is 87.1 Å². The minimum Gasteiger partial charge on any atom is -0.298 e. The molecule has 0 radical (unpaired) electrons. The summed E-state index contributed by atoms with van der Waals surface area (Å²) < 4.78 is 0. The van der Waals surface area contributed by atoms with Crippen molar-refractivity contribution in [1.82, 2.24) is 9.80 Å². The van der Waals surface area contributed by atoms with Gasteiger partial charge in [0.05, 0.1) is 6.54 Å². The van der Waals surface area contributed by atoms with Gasteiger partial charge in [-0.05, 0) is 13.8 Å². The maximum absolute atomic E-state index is 11.2. The molecular weight excluding hydrogens is 176 g/mol. The summed E-state index contributed by atoms with van der Waals surface area (Å²) in [6.07, 6.45) is 0.671. The van der Waals surface area contributed by atoms with Crippen molar-refractivity contribution in [3.05, 3.63) is 0 Å². The van der Waals surface area contributed by atoms with E-state index in [4.69, 9.17) is 0 Å². The van der Waals surface area contributed by atoms with Crippen molar-refractivity contribution in [3.63, 3.8) is 0 Å². The Hall–Kier alpha value is -0.410. The summed E-state index contributed by atoms with van der Waals surface area (Å²) in [6, 6.07) is 0.638. The first kappa shape index (κ1) is 11.7. The Balaban J connectivity index is 2.25. The van der Waals surface area contributed by atoms with Crippen LogP contribution in [-0.2, 0) is 4.79 Å². The van der Waals surface area contributed by atoms with E-state index in [1.54, 1.807) is 0 Å². The monoisotopic (exact) mass is 198 g/mol. The van der Waals surface area contributed by atoms with E-state index >= 15 is 0 Å². The quantitative estimate of drug-likeness (QED) is 0.673. The van der Waals surface area contributed by atoms with Gasteiger partial charge < -0.3 is 0 Å². The van der Waals surface area contributed by atoms with Gasteiger partial charge in [-0.2, -0.15) is 0 Å². The van der Waals surface area contributed by atoms with Crippen molar-refractivity contribution in [2.75, 3.05) is 32.7 Å². The van der Waals surface area contributed by atoms with Crippen LogP contribution in [0.3, 0.4) is 0 Å². The van der Waals surface area contributed by atoms with Gasteiger partial charge in [-0.3, -0.25) is 14.6 Å². The molecule has 0 amide bonds. The number of hydrogen-bond donors (Lipinski definition) is 0. The SMILES string of the molecule is CCC(=O)CN1CCN(C(C)C)CC1. The molecule has 0 aromatic rings. The summed E-state index contributed by atoms with van der Waals surface area (Å²) >= 11 is 0. The fourth-order valence-corrected chi connectivity index (χ4v) is 1.80. The highest BCUT2D eigenvalue weighted by atomic mass is 16.1. The molecule has 1 fully saturated rings. The van der Waals surface area contributed by atoms with E-state index < -0.39 is 0 Å². The molecule has 1 aliphatic rings. The Morgan fingerprint density at radius 3 is 2.21 bits per heavy atom. The number of hydrogen-bond acceptors (Lipinski definition) is 3. The van der Waals surface area contributed by atoms with Gasteiger partial charge in [0.2, 0.25) is 0 Å². The van der Waals surface area contributed by atoms with E-state index in [9.17, 15) is 4.79 Å². The highest BCUT2D eigenvalue weighted by molar-refractivity contribution is 5.80. The molecule has 3 nitrogen and oxygen atoms in total. The Bertz CT molecular complexity index is 184. The third-order valence-corrected chi connectivity index (χ3v) is 2.93.